The number of aliphatic hydroxyl groups is 4. The minimum Gasteiger partial charge on any atom is -0.393 e. The average Bonchev–Trinajstić information content (AvgIpc) is 2.58. The first kappa shape index (κ1) is 26.3. The van der Waals surface area contributed by atoms with Gasteiger partial charge in [-0.1, -0.05) is 12.2 Å². The molecule has 0 aliphatic carbocycles. The Morgan fingerprint density at radius 2 is 1.15 bits per heavy atom. The number of aliphatic hydroxyl groups excluding tert-OH is 2. The van der Waals surface area contributed by atoms with Crippen molar-refractivity contribution in [2.75, 3.05) is 13.2 Å². The molecule has 4 N–H and O–H groups in total. The number of ether oxygens (including phenoxy) is 1. The maximum atomic E-state index is 10.6. The van der Waals surface area contributed by atoms with Crippen LogP contribution in [0.1, 0.15) is 78.1 Å². The third-order valence-electron chi connectivity index (χ3n) is 4.97. The van der Waals surface area contributed by atoms with E-state index in [4.69, 9.17) is 4.74 Å². The first-order valence-electron chi connectivity index (χ1n) is 10.3. The Hall–Kier alpha value is -0.720. The molecule has 0 radical (unpaired) electrons. The predicted molar refractivity (Wildman–Crippen MR) is 111 cm³/mol. The second-order valence-corrected chi connectivity index (χ2v) is 8.03. The minimum absolute atomic E-state index is 0.416. The van der Waals surface area contributed by atoms with Crippen LogP contribution in [0.2, 0.25) is 0 Å². The molecule has 0 heterocycles. The molecule has 4 atom stereocenters. The maximum Gasteiger partial charge on any atom is 0.0683 e. The summed E-state index contributed by atoms with van der Waals surface area (Å²) in [5, 5.41) is 40.1. The smallest absolute Gasteiger partial charge is 0.0683 e. The molecule has 0 aromatic heterocycles. The Balaban J connectivity index is 4.07. The lowest BCUT2D eigenvalue weighted by Gasteiger charge is -2.28. The van der Waals surface area contributed by atoms with Crippen LogP contribution in [0.5, 0.6) is 0 Å². The van der Waals surface area contributed by atoms with Gasteiger partial charge in [0.1, 0.15) is 0 Å². The molecular weight excluding hydrogens is 344 g/mol. The van der Waals surface area contributed by atoms with Crippen molar-refractivity contribution in [3.63, 3.8) is 0 Å². The summed E-state index contributed by atoms with van der Waals surface area (Å²) in [6.45, 7) is 12.0. The van der Waals surface area contributed by atoms with Gasteiger partial charge in [-0.05, 0) is 78.1 Å². The van der Waals surface area contributed by atoms with Gasteiger partial charge in [0.15, 0.2) is 0 Å². The van der Waals surface area contributed by atoms with Crippen LogP contribution in [-0.4, -0.2) is 57.0 Å². The third-order valence-corrected chi connectivity index (χ3v) is 4.97. The number of rotatable bonds is 18. The highest BCUT2D eigenvalue weighted by Gasteiger charge is 2.26. The highest BCUT2D eigenvalue weighted by atomic mass is 16.5. The van der Waals surface area contributed by atoms with E-state index in [-0.39, 0.29) is 0 Å². The van der Waals surface area contributed by atoms with Gasteiger partial charge in [-0.25, -0.2) is 0 Å². The van der Waals surface area contributed by atoms with Crippen LogP contribution >= 0.6 is 0 Å². The van der Waals surface area contributed by atoms with E-state index in [1.165, 1.54) is 0 Å². The van der Waals surface area contributed by atoms with Crippen LogP contribution in [-0.2, 0) is 4.74 Å². The van der Waals surface area contributed by atoms with Crippen molar-refractivity contribution in [3.05, 3.63) is 25.3 Å². The van der Waals surface area contributed by atoms with E-state index in [1.54, 1.807) is 26.0 Å². The molecule has 4 unspecified atom stereocenters. The molecule has 0 amide bonds. The lowest BCUT2D eigenvalue weighted by atomic mass is 9.88. The average molecular weight is 387 g/mol. The fourth-order valence-corrected chi connectivity index (χ4v) is 3.26. The molecule has 0 saturated heterocycles. The predicted octanol–water partition coefficient (Wildman–Crippen LogP) is 3.50. The largest absolute Gasteiger partial charge is 0.393 e. The zero-order chi connectivity index (χ0) is 20.8. The maximum absolute atomic E-state index is 10.6. The van der Waals surface area contributed by atoms with Gasteiger partial charge in [0.2, 0.25) is 0 Å². The molecule has 0 aromatic rings. The second kappa shape index (κ2) is 14.3. The van der Waals surface area contributed by atoms with Gasteiger partial charge < -0.3 is 25.2 Å². The molecule has 0 aromatic carbocycles. The highest BCUT2D eigenvalue weighted by molar-refractivity contribution is 4.88. The molecule has 5 heteroatoms. The topological polar surface area (TPSA) is 90.2 Å². The van der Waals surface area contributed by atoms with E-state index in [2.05, 4.69) is 13.2 Å². The minimum atomic E-state index is -0.826. The van der Waals surface area contributed by atoms with Crippen molar-refractivity contribution in [2.24, 2.45) is 0 Å². The lowest BCUT2D eigenvalue weighted by molar-refractivity contribution is -0.00502. The van der Waals surface area contributed by atoms with E-state index in [0.29, 0.717) is 64.6 Å². The molecule has 0 aliphatic rings. The zero-order valence-corrected chi connectivity index (χ0v) is 17.4. The zero-order valence-electron chi connectivity index (χ0n) is 17.4. The van der Waals surface area contributed by atoms with Crippen molar-refractivity contribution in [1.29, 1.82) is 0 Å². The van der Waals surface area contributed by atoms with E-state index in [0.717, 1.165) is 12.8 Å². The van der Waals surface area contributed by atoms with E-state index < -0.39 is 23.4 Å². The molecule has 0 aliphatic heterocycles. The van der Waals surface area contributed by atoms with Crippen molar-refractivity contribution in [2.45, 2.75) is 101 Å². The fraction of sp³-hybridized carbons (Fsp3) is 0.818. The Morgan fingerprint density at radius 1 is 0.778 bits per heavy atom. The molecule has 0 saturated carbocycles. The summed E-state index contributed by atoms with van der Waals surface area (Å²) in [4.78, 5) is 0. The number of hydrogen-bond donors (Lipinski definition) is 4. The second-order valence-electron chi connectivity index (χ2n) is 8.03. The summed E-state index contributed by atoms with van der Waals surface area (Å²) < 4.78 is 5.66. The van der Waals surface area contributed by atoms with Crippen molar-refractivity contribution >= 4 is 0 Å². The normalized spacial score (nSPS) is 18.3. The van der Waals surface area contributed by atoms with E-state index >= 15 is 0 Å². The lowest BCUT2D eigenvalue weighted by Crippen LogP contribution is -2.30. The molecule has 0 bridgehead atoms. The van der Waals surface area contributed by atoms with Crippen LogP contribution in [0.25, 0.3) is 0 Å². The Bertz CT molecular complexity index is 360. The van der Waals surface area contributed by atoms with Crippen LogP contribution in [0, 0.1) is 0 Å². The highest BCUT2D eigenvalue weighted by Crippen LogP contribution is 2.26. The molecule has 0 spiro atoms. The fourth-order valence-electron chi connectivity index (χ4n) is 3.26. The van der Waals surface area contributed by atoms with Gasteiger partial charge in [-0.2, -0.15) is 0 Å². The monoisotopic (exact) mass is 386 g/mol. The summed E-state index contributed by atoms with van der Waals surface area (Å²) in [5.41, 5.74) is -1.65. The number of hydrogen-bond acceptors (Lipinski definition) is 5. The summed E-state index contributed by atoms with van der Waals surface area (Å²) >= 11 is 0. The van der Waals surface area contributed by atoms with Crippen molar-refractivity contribution in [3.8, 4) is 0 Å². The van der Waals surface area contributed by atoms with E-state index in [9.17, 15) is 20.4 Å². The molecule has 0 fully saturated rings. The molecule has 27 heavy (non-hydrogen) atoms. The van der Waals surface area contributed by atoms with Gasteiger partial charge >= 0.3 is 0 Å². The molecule has 160 valence electrons. The van der Waals surface area contributed by atoms with E-state index in [1.807, 2.05) is 0 Å². The third kappa shape index (κ3) is 14.0. The van der Waals surface area contributed by atoms with Crippen LogP contribution in [0.4, 0.5) is 0 Å². The Kier molecular flexibility index (Phi) is 13.9. The van der Waals surface area contributed by atoms with Crippen molar-refractivity contribution in [1.82, 2.24) is 0 Å². The first-order chi connectivity index (χ1) is 12.7. The van der Waals surface area contributed by atoms with Gasteiger partial charge in [0.05, 0.1) is 23.4 Å². The van der Waals surface area contributed by atoms with Gasteiger partial charge in [-0.3, -0.25) is 0 Å². The van der Waals surface area contributed by atoms with Crippen LogP contribution in [0.15, 0.2) is 25.3 Å². The van der Waals surface area contributed by atoms with Gasteiger partial charge in [0.25, 0.3) is 0 Å². The van der Waals surface area contributed by atoms with Crippen LogP contribution in [0.3, 0.4) is 0 Å². The van der Waals surface area contributed by atoms with Crippen molar-refractivity contribution < 1.29 is 25.2 Å². The van der Waals surface area contributed by atoms with Gasteiger partial charge in [0, 0.05) is 13.2 Å². The molecular formula is C22H42O5. The summed E-state index contributed by atoms with van der Waals surface area (Å²) in [6.07, 6.45) is 8.57. The van der Waals surface area contributed by atoms with Gasteiger partial charge in [-0.15, -0.1) is 13.2 Å². The first-order valence-corrected chi connectivity index (χ1v) is 10.3. The molecule has 5 nitrogen and oxygen atoms in total. The standard InChI is InChI=1S/C22H42O5/c1-5-11-21(25,15-9-19(3)23)13-7-17-27-18-8-14-22(26,12-6-2)16-10-20(4)24/h5-6,19-20,23-26H,1-2,7-18H2,3-4H3. The Morgan fingerprint density at radius 3 is 1.44 bits per heavy atom. The summed E-state index contributed by atoms with van der Waals surface area (Å²) in [6, 6.07) is 0. The quantitative estimate of drug-likeness (QED) is 0.214. The Labute approximate surface area is 165 Å². The summed E-state index contributed by atoms with van der Waals surface area (Å²) in [5.74, 6) is 0. The SMILES string of the molecule is C=CCC(O)(CCCOCCCC(O)(CC=C)CCC(C)O)CCC(C)O. The summed E-state index contributed by atoms with van der Waals surface area (Å²) in [7, 11) is 0. The molecule has 0 rings (SSSR count). The van der Waals surface area contributed by atoms with Crippen LogP contribution < -0.4 is 0 Å².